The quantitative estimate of drug-likeness (QED) is 0.486. The van der Waals surface area contributed by atoms with Crippen LogP contribution in [0.5, 0.6) is 0 Å². The summed E-state index contributed by atoms with van der Waals surface area (Å²) in [5.41, 5.74) is 8.81. The van der Waals surface area contributed by atoms with Crippen LogP contribution in [0.15, 0.2) is 72.8 Å². The molecular weight excluding hydrogens is 384 g/mol. The van der Waals surface area contributed by atoms with Gasteiger partial charge in [0.25, 0.3) is 0 Å². The molecule has 0 saturated heterocycles. The fourth-order valence-electron chi connectivity index (χ4n) is 3.02. The number of fused-ring (bicyclic) bond motifs is 1. The number of carbonyl (C=O) groups is 2. The number of aromatic nitrogens is 1. The smallest absolute Gasteiger partial charge is 0.338 e. The van der Waals surface area contributed by atoms with Gasteiger partial charge in [-0.25, -0.2) is 9.78 Å². The van der Waals surface area contributed by atoms with Gasteiger partial charge in [0.15, 0.2) is 0 Å². The van der Waals surface area contributed by atoms with Crippen molar-refractivity contribution in [3.05, 3.63) is 100 Å². The molecule has 1 aromatic heterocycles. The van der Waals surface area contributed by atoms with E-state index >= 15 is 0 Å². The first-order valence-corrected chi connectivity index (χ1v) is 9.90. The maximum absolute atomic E-state index is 12.7. The van der Waals surface area contributed by atoms with Gasteiger partial charge in [0.2, 0.25) is 5.91 Å². The van der Waals surface area contributed by atoms with E-state index in [9.17, 15) is 9.59 Å². The minimum atomic E-state index is -0.489. The first kappa shape index (κ1) is 18.8. The Balaban J connectivity index is 1.48. The lowest BCUT2D eigenvalue weighted by Gasteiger charge is -2.09. The number of benzene rings is 3. The molecule has 0 unspecified atom stereocenters. The van der Waals surface area contributed by atoms with Gasteiger partial charge in [-0.1, -0.05) is 42.5 Å². The molecule has 1 amide bonds. The molecule has 4 aromatic rings. The number of ether oxygens (including phenoxy) is 1. The van der Waals surface area contributed by atoms with Gasteiger partial charge >= 0.3 is 5.97 Å². The van der Waals surface area contributed by atoms with Crippen LogP contribution >= 0.6 is 11.3 Å². The molecule has 0 saturated carbocycles. The number of nitrogens with two attached hydrogens (primary N) is 1. The first-order valence-electron chi connectivity index (χ1n) is 9.08. The maximum Gasteiger partial charge on any atom is 0.338 e. The van der Waals surface area contributed by atoms with Crippen LogP contribution in [0, 0.1) is 0 Å². The molecule has 3 aromatic carbocycles. The normalized spacial score (nSPS) is 10.8. The van der Waals surface area contributed by atoms with Crippen molar-refractivity contribution >= 4 is 33.4 Å². The van der Waals surface area contributed by atoms with Crippen LogP contribution < -0.4 is 5.73 Å². The molecule has 0 radical (unpaired) electrons. The van der Waals surface area contributed by atoms with Gasteiger partial charge in [-0.15, -0.1) is 11.3 Å². The van der Waals surface area contributed by atoms with E-state index in [4.69, 9.17) is 10.5 Å². The van der Waals surface area contributed by atoms with Gasteiger partial charge < -0.3 is 10.5 Å². The highest BCUT2D eigenvalue weighted by Crippen LogP contribution is 2.25. The van der Waals surface area contributed by atoms with Crippen molar-refractivity contribution in [3.8, 4) is 0 Å². The van der Waals surface area contributed by atoms with Gasteiger partial charge in [0.1, 0.15) is 6.61 Å². The standard InChI is InChI=1S/C23H18N2O3S/c24-22(26)16-11-9-15(10-12-16)14-28-23(27)18-6-2-1-5-17(18)13-21-25-19-7-3-4-8-20(19)29-21/h1-12H,13-14H2,(H2,24,26). The summed E-state index contributed by atoms with van der Waals surface area (Å²) < 4.78 is 6.61. The van der Waals surface area contributed by atoms with Gasteiger partial charge in [-0.05, 0) is 41.5 Å². The molecule has 5 nitrogen and oxygen atoms in total. The number of amides is 1. The molecule has 0 bridgehead atoms. The molecule has 0 aliphatic heterocycles. The van der Waals surface area contributed by atoms with Crippen molar-refractivity contribution in [2.75, 3.05) is 0 Å². The second-order valence-corrected chi connectivity index (χ2v) is 7.66. The van der Waals surface area contributed by atoms with Crippen molar-refractivity contribution in [1.82, 2.24) is 4.98 Å². The van der Waals surface area contributed by atoms with Crippen LogP contribution in [0.2, 0.25) is 0 Å². The van der Waals surface area contributed by atoms with Gasteiger partial charge in [0.05, 0.1) is 20.8 Å². The summed E-state index contributed by atoms with van der Waals surface area (Å²) in [6.45, 7) is 0.118. The summed E-state index contributed by atoms with van der Waals surface area (Å²) in [6, 6.07) is 22.1. The lowest BCUT2D eigenvalue weighted by atomic mass is 10.1. The Kier molecular flexibility index (Phi) is 5.35. The lowest BCUT2D eigenvalue weighted by molar-refractivity contribution is 0.0471. The molecule has 0 spiro atoms. The zero-order valence-electron chi connectivity index (χ0n) is 15.5. The Hall–Kier alpha value is -3.51. The Morgan fingerprint density at radius 2 is 1.66 bits per heavy atom. The number of nitrogens with zero attached hydrogens (tertiary/aromatic N) is 1. The number of primary amides is 1. The Morgan fingerprint density at radius 1 is 0.931 bits per heavy atom. The minimum absolute atomic E-state index is 0.118. The Morgan fingerprint density at radius 3 is 2.41 bits per heavy atom. The van der Waals surface area contributed by atoms with Crippen LogP contribution in [0.3, 0.4) is 0 Å². The minimum Gasteiger partial charge on any atom is -0.457 e. The Labute approximate surface area is 171 Å². The van der Waals surface area contributed by atoms with Gasteiger partial charge in [0, 0.05) is 12.0 Å². The number of thiazole rings is 1. The largest absolute Gasteiger partial charge is 0.457 e. The number of carbonyl (C=O) groups excluding carboxylic acids is 2. The molecule has 29 heavy (non-hydrogen) atoms. The topological polar surface area (TPSA) is 82.3 Å². The average molecular weight is 402 g/mol. The highest BCUT2D eigenvalue weighted by Gasteiger charge is 2.15. The van der Waals surface area contributed by atoms with Gasteiger partial charge in [-0.2, -0.15) is 0 Å². The fourth-order valence-corrected chi connectivity index (χ4v) is 4.01. The molecule has 1 heterocycles. The molecule has 4 rings (SSSR count). The summed E-state index contributed by atoms with van der Waals surface area (Å²) >= 11 is 1.63. The van der Waals surface area contributed by atoms with Crippen molar-refractivity contribution in [2.45, 2.75) is 13.0 Å². The zero-order chi connectivity index (χ0) is 20.2. The van der Waals surface area contributed by atoms with E-state index in [-0.39, 0.29) is 12.6 Å². The third-order valence-corrected chi connectivity index (χ3v) is 5.56. The van der Waals surface area contributed by atoms with E-state index < -0.39 is 5.91 Å². The number of esters is 1. The molecular formula is C23H18N2O3S. The van der Waals surface area contributed by atoms with Crippen molar-refractivity contribution in [1.29, 1.82) is 0 Å². The second-order valence-electron chi connectivity index (χ2n) is 6.55. The number of hydrogen-bond donors (Lipinski definition) is 1. The fraction of sp³-hybridized carbons (Fsp3) is 0.0870. The monoisotopic (exact) mass is 402 g/mol. The first-order chi connectivity index (χ1) is 14.1. The van der Waals surface area contributed by atoms with Crippen LogP contribution in [0.1, 0.15) is 36.9 Å². The molecule has 0 aliphatic rings. The average Bonchev–Trinajstić information content (AvgIpc) is 3.15. The van der Waals surface area contributed by atoms with Crippen molar-refractivity contribution in [2.24, 2.45) is 5.73 Å². The van der Waals surface area contributed by atoms with Crippen LogP contribution in [0.25, 0.3) is 10.2 Å². The third kappa shape index (κ3) is 4.33. The summed E-state index contributed by atoms with van der Waals surface area (Å²) in [5, 5.41) is 0.952. The van der Waals surface area contributed by atoms with E-state index in [0.29, 0.717) is 17.5 Å². The number of rotatable bonds is 6. The molecule has 6 heteroatoms. The molecule has 0 aliphatic carbocycles. The lowest BCUT2D eigenvalue weighted by Crippen LogP contribution is -2.11. The zero-order valence-corrected chi connectivity index (χ0v) is 16.3. The summed E-state index contributed by atoms with van der Waals surface area (Å²) in [5.74, 6) is -0.877. The van der Waals surface area contributed by atoms with Crippen LogP contribution in [-0.4, -0.2) is 16.9 Å². The predicted octanol–water partition coefficient (Wildman–Crippen LogP) is 4.34. The second kappa shape index (κ2) is 8.24. The van der Waals surface area contributed by atoms with Crippen molar-refractivity contribution in [3.63, 3.8) is 0 Å². The number of hydrogen-bond acceptors (Lipinski definition) is 5. The van der Waals surface area contributed by atoms with Crippen LogP contribution in [0.4, 0.5) is 0 Å². The third-order valence-electron chi connectivity index (χ3n) is 4.53. The SMILES string of the molecule is NC(=O)c1ccc(COC(=O)c2ccccc2Cc2nc3ccccc3s2)cc1. The molecule has 0 fully saturated rings. The number of para-hydroxylation sites is 1. The van der Waals surface area contributed by atoms with E-state index in [2.05, 4.69) is 4.98 Å². The van der Waals surface area contributed by atoms with E-state index in [1.54, 1.807) is 41.7 Å². The Bertz CT molecular complexity index is 1150. The van der Waals surface area contributed by atoms with Crippen LogP contribution in [-0.2, 0) is 17.8 Å². The maximum atomic E-state index is 12.7. The van der Waals surface area contributed by atoms with Crippen molar-refractivity contribution < 1.29 is 14.3 Å². The molecule has 144 valence electrons. The molecule has 2 N–H and O–H groups in total. The summed E-state index contributed by atoms with van der Waals surface area (Å²) in [7, 11) is 0. The highest BCUT2D eigenvalue weighted by atomic mass is 32.1. The predicted molar refractivity (Wildman–Crippen MR) is 113 cm³/mol. The van der Waals surface area contributed by atoms with E-state index in [1.165, 1.54) is 0 Å². The van der Waals surface area contributed by atoms with E-state index in [0.717, 1.165) is 26.4 Å². The molecule has 0 atom stereocenters. The summed E-state index contributed by atoms with van der Waals surface area (Å²) in [6.07, 6.45) is 0.567. The van der Waals surface area contributed by atoms with Gasteiger partial charge in [-0.3, -0.25) is 4.79 Å². The van der Waals surface area contributed by atoms with E-state index in [1.807, 2.05) is 42.5 Å². The highest BCUT2D eigenvalue weighted by molar-refractivity contribution is 7.18. The summed E-state index contributed by atoms with van der Waals surface area (Å²) in [4.78, 5) is 28.5.